The van der Waals surface area contributed by atoms with Gasteiger partial charge in [0, 0.05) is 22.2 Å². The van der Waals surface area contributed by atoms with Crippen molar-refractivity contribution in [2.45, 2.75) is 4.90 Å². The average Bonchev–Trinajstić information content (AvgIpc) is 3.16. The van der Waals surface area contributed by atoms with Gasteiger partial charge in [-0.2, -0.15) is 18.6 Å². The van der Waals surface area contributed by atoms with Gasteiger partial charge in [-0.05, 0) is 24.3 Å². The zero-order chi connectivity index (χ0) is 20.1. The number of hydrazone groups is 1. The molecule has 10 heteroatoms. The molecule has 2 aromatic carbocycles. The Kier molecular flexibility index (Phi) is 5.86. The van der Waals surface area contributed by atoms with E-state index in [1.54, 1.807) is 12.1 Å². The van der Waals surface area contributed by atoms with E-state index in [2.05, 4.69) is 20.1 Å². The molecular formula is C18H17ClN4O4S. The number of sulfonamides is 1. The van der Waals surface area contributed by atoms with Gasteiger partial charge < -0.3 is 9.47 Å². The number of hydrogen-bond acceptors (Lipinski definition) is 6. The van der Waals surface area contributed by atoms with Crippen LogP contribution in [0.15, 0.2) is 58.7 Å². The van der Waals surface area contributed by atoms with E-state index in [1.807, 2.05) is 12.1 Å². The van der Waals surface area contributed by atoms with Crippen LogP contribution in [0.2, 0.25) is 5.02 Å². The Morgan fingerprint density at radius 2 is 1.82 bits per heavy atom. The van der Waals surface area contributed by atoms with Crippen LogP contribution < -0.4 is 14.3 Å². The number of aromatic amines is 1. The number of ether oxygens (including phenoxy) is 2. The number of nitrogens with one attached hydrogen (secondary N) is 2. The van der Waals surface area contributed by atoms with Gasteiger partial charge in [0.1, 0.15) is 0 Å². The highest BCUT2D eigenvalue weighted by molar-refractivity contribution is 7.89. The Bertz CT molecular complexity index is 1100. The van der Waals surface area contributed by atoms with Gasteiger partial charge in [-0.3, -0.25) is 5.10 Å². The van der Waals surface area contributed by atoms with Crippen molar-refractivity contribution in [2.75, 3.05) is 14.2 Å². The van der Waals surface area contributed by atoms with Crippen LogP contribution in [0.5, 0.6) is 11.5 Å². The summed E-state index contributed by atoms with van der Waals surface area (Å²) in [4.78, 5) is 2.17. The fourth-order valence-electron chi connectivity index (χ4n) is 2.44. The Morgan fingerprint density at radius 1 is 1.11 bits per heavy atom. The zero-order valence-corrected chi connectivity index (χ0v) is 16.6. The van der Waals surface area contributed by atoms with Crippen molar-refractivity contribution in [1.82, 2.24) is 15.0 Å². The third kappa shape index (κ3) is 4.26. The molecule has 0 aliphatic rings. The van der Waals surface area contributed by atoms with Crippen molar-refractivity contribution in [2.24, 2.45) is 5.10 Å². The maximum Gasteiger partial charge on any atom is 0.276 e. The zero-order valence-electron chi connectivity index (χ0n) is 15.0. The lowest BCUT2D eigenvalue weighted by Crippen LogP contribution is -2.18. The van der Waals surface area contributed by atoms with E-state index in [-0.39, 0.29) is 4.90 Å². The number of H-pyrrole nitrogens is 1. The summed E-state index contributed by atoms with van der Waals surface area (Å²) < 4.78 is 35.2. The molecule has 0 unspecified atom stereocenters. The summed E-state index contributed by atoms with van der Waals surface area (Å²) in [6.45, 7) is 0. The lowest BCUT2D eigenvalue weighted by atomic mass is 10.1. The van der Waals surface area contributed by atoms with Crippen LogP contribution in [0.4, 0.5) is 0 Å². The summed E-state index contributed by atoms with van der Waals surface area (Å²) in [5.41, 5.74) is 2.13. The van der Waals surface area contributed by atoms with E-state index >= 15 is 0 Å². The number of methoxy groups -OCH3 is 2. The van der Waals surface area contributed by atoms with Crippen molar-refractivity contribution in [3.05, 3.63) is 59.2 Å². The predicted molar refractivity (Wildman–Crippen MR) is 106 cm³/mol. The minimum atomic E-state index is -3.89. The highest BCUT2D eigenvalue weighted by atomic mass is 35.5. The van der Waals surface area contributed by atoms with E-state index in [1.165, 1.54) is 44.8 Å². The van der Waals surface area contributed by atoms with Crippen molar-refractivity contribution in [1.29, 1.82) is 0 Å². The van der Waals surface area contributed by atoms with Crippen LogP contribution in [0.25, 0.3) is 11.3 Å². The van der Waals surface area contributed by atoms with Gasteiger partial charge in [0.25, 0.3) is 10.0 Å². The Balaban J connectivity index is 1.80. The first kappa shape index (κ1) is 19.7. The van der Waals surface area contributed by atoms with Gasteiger partial charge in [-0.25, -0.2) is 4.83 Å². The highest BCUT2D eigenvalue weighted by Crippen LogP contribution is 2.29. The minimum Gasteiger partial charge on any atom is -0.493 e. The maximum absolute atomic E-state index is 12.5. The van der Waals surface area contributed by atoms with E-state index < -0.39 is 10.0 Å². The minimum absolute atomic E-state index is 0.00702. The van der Waals surface area contributed by atoms with Crippen LogP contribution >= 0.6 is 11.6 Å². The Hall–Kier alpha value is -3.04. The van der Waals surface area contributed by atoms with E-state index in [4.69, 9.17) is 21.1 Å². The van der Waals surface area contributed by atoms with Crippen molar-refractivity contribution in [3.8, 4) is 22.8 Å². The van der Waals surface area contributed by atoms with Gasteiger partial charge in [-0.15, -0.1) is 0 Å². The predicted octanol–water partition coefficient (Wildman–Crippen LogP) is 3.06. The van der Waals surface area contributed by atoms with Crippen molar-refractivity contribution < 1.29 is 17.9 Å². The third-order valence-electron chi connectivity index (χ3n) is 3.84. The van der Waals surface area contributed by atoms with Gasteiger partial charge >= 0.3 is 0 Å². The molecule has 0 amide bonds. The molecule has 0 aliphatic carbocycles. The molecule has 0 bridgehead atoms. The molecule has 2 N–H and O–H groups in total. The smallest absolute Gasteiger partial charge is 0.276 e. The standard InChI is InChI=1S/C18H17ClN4O4S/c1-26-16-8-7-15(9-17(16)27-2)28(24,25)23-21-11-13-10-20-22-18(13)12-3-5-14(19)6-4-12/h3-11,23H,1-2H3,(H,20,22)/b21-11+. The molecule has 0 fully saturated rings. The largest absolute Gasteiger partial charge is 0.493 e. The molecule has 0 radical (unpaired) electrons. The number of hydrogen-bond donors (Lipinski definition) is 2. The average molecular weight is 421 g/mol. The molecule has 0 saturated carbocycles. The molecule has 8 nitrogen and oxygen atoms in total. The highest BCUT2D eigenvalue weighted by Gasteiger charge is 2.16. The molecule has 0 saturated heterocycles. The topological polar surface area (TPSA) is 106 Å². The van der Waals surface area contributed by atoms with Gasteiger partial charge in [0.15, 0.2) is 11.5 Å². The SMILES string of the molecule is COc1ccc(S(=O)(=O)N/N=C/c2cn[nH]c2-c2ccc(Cl)cc2)cc1OC. The molecule has 0 atom stereocenters. The van der Waals surface area contributed by atoms with E-state index in [0.717, 1.165) is 5.56 Å². The molecule has 1 heterocycles. The molecule has 28 heavy (non-hydrogen) atoms. The molecule has 3 aromatic rings. The first-order valence-electron chi connectivity index (χ1n) is 8.01. The second-order valence-electron chi connectivity index (χ2n) is 5.58. The molecule has 146 valence electrons. The van der Waals surface area contributed by atoms with Crippen LogP contribution in [-0.4, -0.2) is 39.0 Å². The van der Waals surface area contributed by atoms with E-state index in [0.29, 0.717) is 27.8 Å². The summed E-state index contributed by atoms with van der Waals surface area (Å²) in [7, 11) is -0.988. The molecule has 3 rings (SSSR count). The number of aromatic nitrogens is 2. The van der Waals surface area contributed by atoms with E-state index in [9.17, 15) is 8.42 Å². The summed E-state index contributed by atoms with van der Waals surface area (Å²) in [6.07, 6.45) is 2.91. The molecule has 0 spiro atoms. The monoisotopic (exact) mass is 420 g/mol. The molecular weight excluding hydrogens is 404 g/mol. The second kappa shape index (κ2) is 8.32. The fraction of sp³-hybridized carbons (Fsp3) is 0.111. The van der Waals surface area contributed by atoms with Crippen molar-refractivity contribution >= 4 is 27.8 Å². The van der Waals surface area contributed by atoms with Crippen LogP contribution in [0.3, 0.4) is 0 Å². The van der Waals surface area contributed by atoms with Gasteiger partial charge in [-0.1, -0.05) is 23.7 Å². The lowest BCUT2D eigenvalue weighted by Gasteiger charge is -2.09. The molecule has 0 aliphatic heterocycles. The van der Waals surface area contributed by atoms with Crippen LogP contribution in [0.1, 0.15) is 5.56 Å². The quantitative estimate of drug-likeness (QED) is 0.451. The normalized spacial score (nSPS) is 11.5. The summed E-state index contributed by atoms with van der Waals surface area (Å²) in [5.74, 6) is 0.727. The van der Waals surface area contributed by atoms with Crippen LogP contribution in [-0.2, 0) is 10.0 Å². The Labute approximate surface area is 167 Å². The maximum atomic E-state index is 12.5. The number of benzene rings is 2. The summed E-state index contributed by atoms with van der Waals surface area (Å²) in [5, 5.41) is 11.3. The lowest BCUT2D eigenvalue weighted by molar-refractivity contribution is 0.354. The number of rotatable bonds is 7. The second-order valence-corrected chi connectivity index (χ2v) is 7.67. The Morgan fingerprint density at radius 3 is 2.50 bits per heavy atom. The van der Waals surface area contributed by atoms with Gasteiger partial charge in [0.2, 0.25) is 0 Å². The fourth-order valence-corrected chi connectivity index (χ4v) is 3.38. The summed E-state index contributed by atoms with van der Waals surface area (Å²) >= 11 is 5.90. The van der Waals surface area contributed by atoms with Crippen LogP contribution in [0, 0.1) is 0 Å². The first-order valence-corrected chi connectivity index (χ1v) is 9.87. The third-order valence-corrected chi connectivity index (χ3v) is 5.32. The number of halogens is 1. The van der Waals surface area contributed by atoms with Gasteiger partial charge in [0.05, 0.1) is 37.2 Å². The van der Waals surface area contributed by atoms with Crippen molar-refractivity contribution in [3.63, 3.8) is 0 Å². The first-order chi connectivity index (χ1) is 13.4. The summed E-state index contributed by atoms with van der Waals surface area (Å²) in [6, 6.07) is 11.4. The molecule has 1 aromatic heterocycles. The number of nitrogens with zero attached hydrogens (tertiary/aromatic N) is 2.